The van der Waals surface area contributed by atoms with Gasteiger partial charge in [-0.15, -0.1) is 0 Å². The molecule has 0 radical (unpaired) electrons. The first-order chi connectivity index (χ1) is 18.9. The summed E-state index contributed by atoms with van der Waals surface area (Å²) in [6.07, 6.45) is 5.39. The number of likely N-dealkylation sites (tertiary alicyclic amines) is 1. The van der Waals surface area contributed by atoms with E-state index in [4.69, 9.17) is 4.74 Å². The topological polar surface area (TPSA) is 126 Å². The molecule has 3 aromatic heterocycles. The molecule has 0 saturated carbocycles. The van der Waals surface area contributed by atoms with E-state index >= 15 is 0 Å². The number of halogens is 1. The molecule has 1 aliphatic rings. The predicted octanol–water partition coefficient (Wildman–Crippen LogP) is 3.74. The fourth-order valence-corrected chi connectivity index (χ4v) is 4.15. The Morgan fingerprint density at radius 2 is 1.87 bits per heavy atom. The Bertz CT molecular complexity index is 1530. The number of nitrogens with zero attached hydrogens (tertiary/aromatic N) is 5. The highest BCUT2D eigenvalue weighted by molar-refractivity contribution is 5.88. The average molecular weight is 531 g/mol. The van der Waals surface area contributed by atoms with E-state index in [0.29, 0.717) is 59.3 Å². The Kier molecular flexibility index (Phi) is 7.46. The fraction of sp³-hybridized carbons (Fsp3) is 0.222. The van der Waals surface area contributed by atoms with Gasteiger partial charge in [-0.1, -0.05) is 0 Å². The van der Waals surface area contributed by atoms with Gasteiger partial charge in [-0.2, -0.15) is 0 Å². The van der Waals surface area contributed by atoms with E-state index in [2.05, 4.69) is 30.9 Å². The molecule has 1 unspecified atom stereocenters. The summed E-state index contributed by atoms with van der Waals surface area (Å²) < 4.78 is 20.4. The summed E-state index contributed by atoms with van der Waals surface area (Å²) in [6, 6.07) is 12.5. The number of amides is 2. The van der Waals surface area contributed by atoms with Crippen LogP contribution in [0.25, 0.3) is 11.3 Å². The molecule has 12 heteroatoms. The number of urea groups is 1. The van der Waals surface area contributed by atoms with Gasteiger partial charge in [-0.25, -0.2) is 19.2 Å². The second-order valence-electron chi connectivity index (χ2n) is 9.00. The van der Waals surface area contributed by atoms with Crippen molar-refractivity contribution in [1.29, 1.82) is 0 Å². The van der Waals surface area contributed by atoms with Crippen LogP contribution in [0, 0.1) is 5.82 Å². The minimum atomic E-state index is -0.354. The van der Waals surface area contributed by atoms with E-state index < -0.39 is 0 Å². The van der Waals surface area contributed by atoms with Crippen LogP contribution >= 0.6 is 0 Å². The van der Waals surface area contributed by atoms with Crippen LogP contribution in [0.3, 0.4) is 0 Å². The van der Waals surface area contributed by atoms with Crippen LogP contribution in [-0.4, -0.2) is 56.6 Å². The normalized spacial score (nSPS) is 14.7. The average Bonchev–Trinajstić information content (AvgIpc) is 3.43. The maximum absolute atomic E-state index is 13.2. The molecule has 1 fully saturated rings. The first-order valence-electron chi connectivity index (χ1n) is 12.3. The summed E-state index contributed by atoms with van der Waals surface area (Å²) in [4.78, 5) is 40.2. The van der Waals surface area contributed by atoms with E-state index in [1.54, 1.807) is 54.5 Å². The largest absolute Gasteiger partial charge is 0.456 e. The van der Waals surface area contributed by atoms with Crippen molar-refractivity contribution in [2.75, 3.05) is 30.8 Å². The summed E-state index contributed by atoms with van der Waals surface area (Å²) in [5.74, 6) is 1.24. The van der Waals surface area contributed by atoms with Crippen molar-refractivity contribution in [1.82, 2.24) is 29.7 Å². The Balaban J connectivity index is 1.25. The highest BCUT2D eigenvalue weighted by atomic mass is 19.1. The third-order valence-corrected chi connectivity index (χ3v) is 6.37. The van der Waals surface area contributed by atoms with E-state index in [9.17, 15) is 14.0 Å². The van der Waals surface area contributed by atoms with Crippen molar-refractivity contribution < 1.29 is 13.9 Å². The van der Waals surface area contributed by atoms with Crippen LogP contribution in [0.1, 0.15) is 6.42 Å². The van der Waals surface area contributed by atoms with Gasteiger partial charge in [0, 0.05) is 50.3 Å². The molecule has 39 heavy (non-hydrogen) atoms. The minimum absolute atomic E-state index is 0.211. The van der Waals surface area contributed by atoms with Crippen molar-refractivity contribution in [2.45, 2.75) is 12.5 Å². The molecule has 3 N–H and O–H groups in total. The molecule has 4 aromatic rings. The molecule has 0 aliphatic carbocycles. The molecule has 4 heterocycles. The monoisotopic (exact) mass is 530 g/mol. The van der Waals surface area contributed by atoms with E-state index in [1.807, 2.05) is 7.05 Å². The van der Waals surface area contributed by atoms with Gasteiger partial charge in [-0.05, 0) is 55.9 Å². The summed E-state index contributed by atoms with van der Waals surface area (Å²) >= 11 is 0. The highest BCUT2D eigenvalue weighted by Crippen LogP contribution is 2.25. The van der Waals surface area contributed by atoms with E-state index in [0.717, 1.165) is 6.42 Å². The standard InChI is InChI=1S/C27H27FN8O3/c1-29-19-10-12-36(16-19)27(38)34-24-13-20(9-11-30-24)39-21-7-8-23(31-14-21)22-15-32-26(35(2)25(22)37)33-18-5-3-17(28)4-6-18/h3-9,11,13-15,19,29H,10,12,16H2,1-2H3,(H,32,33)(H,30,34,38). The first-order valence-corrected chi connectivity index (χ1v) is 12.3. The molecule has 1 aliphatic heterocycles. The van der Waals surface area contributed by atoms with Crippen LogP contribution in [0.2, 0.25) is 0 Å². The Morgan fingerprint density at radius 3 is 2.59 bits per heavy atom. The fourth-order valence-electron chi connectivity index (χ4n) is 4.15. The Labute approximate surface area is 223 Å². The molecule has 2 amide bonds. The van der Waals surface area contributed by atoms with Gasteiger partial charge in [0.15, 0.2) is 0 Å². The maximum atomic E-state index is 13.2. The Hall–Kier alpha value is -4.84. The van der Waals surface area contributed by atoms with Gasteiger partial charge in [0.2, 0.25) is 5.95 Å². The highest BCUT2D eigenvalue weighted by Gasteiger charge is 2.25. The van der Waals surface area contributed by atoms with E-state index in [1.165, 1.54) is 29.1 Å². The summed E-state index contributed by atoms with van der Waals surface area (Å²) in [5, 5.41) is 8.99. The maximum Gasteiger partial charge on any atom is 0.323 e. The number of aromatic nitrogens is 4. The van der Waals surface area contributed by atoms with Crippen LogP contribution in [0.4, 0.5) is 26.6 Å². The molecule has 1 saturated heterocycles. The van der Waals surface area contributed by atoms with Crippen molar-refractivity contribution >= 4 is 23.5 Å². The molecule has 11 nitrogen and oxygen atoms in total. The predicted molar refractivity (Wildman–Crippen MR) is 145 cm³/mol. The van der Waals surface area contributed by atoms with Gasteiger partial charge in [0.25, 0.3) is 5.56 Å². The lowest BCUT2D eigenvalue weighted by molar-refractivity contribution is 0.221. The minimum Gasteiger partial charge on any atom is -0.456 e. The van der Waals surface area contributed by atoms with Crippen LogP contribution in [-0.2, 0) is 7.05 Å². The molecule has 1 aromatic carbocycles. The number of carbonyl (C=O) groups excluding carboxylic acids is 1. The smallest absolute Gasteiger partial charge is 0.323 e. The number of anilines is 3. The number of likely N-dealkylation sites (N-methyl/N-ethyl adjacent to an activating group) is 1. The van der Waals surface area contributed by atoms with Crippen LogP contribution in [0.5, 0.6) is 11.5 Å². The number of pyridine rings is 2. The number of nitrogens with one attached hydrogen (secondary N) is 3. The zero-order valence-corrected chi connectivity index (χ0v) is 21.4. The number of ether oxygens (including phenoxy) is 1. The molecule has 5 rings (SSSR count). The summed E-state index contributed by atoms with van der Waals surface area (Å²) in [7, 11) is 3.47. The van der Waals surface area contributed by atoms with Gasteiger partial charge in [0.1, 0.15) is 23.1 Å². The van der Waals surface area contributed by atoms with Crippen molar-refractivity contribution in [3.8, 4) is 22.8 Å². The second kappa shape index (κ2) is 11.3. The number of hydrogen-bond acceptors (Lipinski definition) is 8. The lowest BCUT2D eigenvalue weighted by Gasteiger charge is -2.17. The molecular weight excluding hydrogens is 503 g/mol. The summed E-state index contributed by atoms with van der Waals surface area (Å²) in [6.45, 7) is 1.32. The zero-order valence-electron chi connectivity index (χ0n) is 21.4. The third kappa shape index (κ3) is 6.02. The van der Waals surface area contributed by atoms with Gasteiger partial charge < -0.3 is 20.3 Å². The second-order valence-corrected chi connectivity index (χ2v) is 9.00. The van der Waals surface area contributed by atoms with Gasteiger partial charge >= 0.3 is 6.03 Å². The lowest BCUT2D eigenvalue weighted by Crippen LogP contribution is -2.36. The lowest BCUT2D eigenvalue weighted by atomic mass is 10.2. The third-order valence-electron chi connectivity index (χ3n) is 6.37. The molecule has 200 valence electrons. The van der Waals surface area contributed by atoms with Crippen LogP contribution in [0.15, 0.2) is 71.9 Å². The number of rotatable bonds is 7. The van der Waals surface area contributed by atoms with Crippen molar-refractivity contribution in [2.24, 2.45) is 7.05 Å². The zero-order chi connectivity index (χ0) is 27.4. The Morgan fingerprint density at radius 1 is 1.05 bits per heavy atom. The SMILES string of the molecule is CNC1CCN(C(=O)Nc2cc(Oc3ccc(-c4cnc(Nc5ccc(F)cc5)n(C)c4=O)nc3)ccn2)C1. The van der Waals surface area contributed by atoms with E-state index in [-0.39, 0.29) is 17.4 Å². The summed E-state index contributed by atoms with van der Waals surface area (Å²) in [5.41, 5.74) is 1.04. The molecule has 1 atom stereocenters. The first kappa shape index (κ1) is 25.8. The van der Waals surface area contributed by atoms with Gasteiger partial charge in [-0.3, -0.25) is 19.7 Å². The van der Waals surface area contributed by atoms with Crippen molar-refractivity contribution in [3.05, 3.63) is 83.3 Å². The van der Waals surface area contributed by atoms with Gasteiger partial charge in [0.05, 0.1) is 17.5 Å². The molecule has 0 bridgehead atoms. The molecule has 0 spiro atoms. The number of benzene rings is 1. The quantitative estimate of drug-likeness (QED) is 0.330. The number of carbonyl (C=O) groups is 1. The number of hydrogen-bond donors (Lipinski definition) is 3. The van der Waals surface area contributed by atoms with Crippen LogP contribution < -0.4 is 26.2 Å². The van der Waals surface area contributed by atoms with Crippen molar-refractivity contribution in [3.63, 3.8) is 0 Å². The molecular formula is C27H27FN8O3.